The molecule has 122 valence electrons. The van der Waals surface area contributed by atoms with E-state index in [-0.39, 0.29) is 23.3 Å². The normalized spacial score (nSPS) is 11.9. The van der Waals surface area contributed by atoms with E-state index >= 15 is 0 Å². The number of hydrogen-bond acceptors (Lipinski definition) is 3. The van der Waals surface area contributed by atoms with E-state index in [0.29, 0.717) is 0 Å². The number of halogens is 1. The topological polar surface area (TPSA) is 67.2 Å². The van der Waals surface area contributed by atoms with Gasteiger partial charge in [0.15, 0.2) is 0 Å². The summed E-state index contributed by atoms with van der Waals surface area (Å²) in [6.45, 7) is 1.90. The number of benzene rings is 2. The molecule has 2 aromatic carbocycles. The molecule has 0 unspecified atom stereocenters. The van der Waals surface area contributed by atoms with Crippen molar-refractivity contribution in [3.63, 3.8) is 0 Å². The summed E-state index contributed by atoms with van der Waals surface area (Å²) in [5, 5.41) is 12.7. The van der Waals surface area contributed by atoms with Crippen LogP contribution >= 0.6 is 15.9 Å². The highest BCUT2D eigenvalue weighted by atomic mass is 79.9. The van der Waals surface area contributed by atoms with Gasteiger partial charge in [-0.25, -0.2) is 4.98 Å². The number of aromatic nitrogens is 2. The maximum Gasteiger partial charge on any atom is 0.255 e. The van der Waals surface area contributed by atoms with Crippen LogP contribution < -0.4 is 5.32 Å². The fraction of sp³-hybridized carbons (Fsp3) is 0.111. The Morgan fingerprint density at radius 1 is 1.25 bits per heavy atom. The van der Waals surface area contributed by atoms with E-state index in [0.717, 1.165) is 15.7 Å². The van der Waals surface area contributed by atoms with Crippen LogP contribution in [-0.2, 0) is 0 Å². The Hall–Kier alpha value is -2.60. The van der Waals surface area contributed by atoms with Crippen LogP contribution in [0.2, 0.25) is 0 Å². The van der Waals surface area contributed by atoms with Crippen LogP contribution in [0.1, 0.15) is 28.9 Å². The van der Waals surface area contributed by atoms with Gasteiger partial charge in [-0.2, -0.15) is 0 Å². The summed E-state index contributed by atoms with van der Waals surface area (Å²) in [6, 6.07) is 12.4. The van der Waals surface area contributed by atoms with Crippen molar-refractivity contribution in [2.24, 2.45) is 0 Å². The number of amides is 1. The number of aromatic hydroxyl groups is 1. The molecule has 0 aliphatic heterocycles. The summed E-state index contributed by atoms with van der Waals surface area (Å²) in [7, 11) is 0. The Morgan fingerprint density at radius 3 is 2.67 bits per heavy atom. The van der Waals surface area contributed by atoms with Crippen molar-refractivity contribution in [2.45, 2.75) is 13.0 Å². The maximum absolute atomic E-state index is 12.4. The van der Waals surface area contributed by atoms with Crippen molar-refractivity contribution in [3.05, 3.63) is 76.8 Å². The van der Waals surface area contributed by atoms with Gasteiger partial charge in [0.1, 0.15) is 5.75 Å². The quantitative estimate of drug-likeness (QED) is 0.716. The molecule has 0 aliphatic rings. The Bertz CT molecular complexity index is 845. The summed E-state index contributed by atoms with van der Waals surface area (Å²) in [5.41, 5.74) is 2.22. The van der Waals surface area contributed by atoms with Crippen LogP contribution in [0.3, 0.4) is 0 Å². The number of phenols is 1. The van der Waals surface area contributed by atoms with E-state index in [9.17, 15) is 9.90 Å². The SMILES string of the molecule is C[C@H](NC(=O)c1cc(Br)ccc1O)c1ccc(-n2ccnc2)cc1. The third-order valence-electron chi connectivity index (χ3n) is 3.75. The van der Waals surface area contributed by atoms with Gasteiger partial charge in [0, 0.05) is 22.6 Å². The minimum absolute atomic E-state index is 0.0432. The first-order valence-corrected chi connectivity index (χ1v) is 8.21. The highest BCUT2D eigenvalue weighted by Gasteiger charge is 2.15. The summed E-state index contributed by atoms with van der Waals surface area (Å²) >= 11 is 3.30. The lowest BCUT2D eigenvalue weighted by Gasteiger charge is -2.15. The van der Waals surface area contributed by atoms with E-state index < -0.39 is 0 Å². The molecular formula is C18H16BrN3O2. The van der Waals surface area contributed by atoms with Gasteiger partial charge in [0.25, 0.3) is 5.91 Å². The summed E-state index contributed by atoms with van der Waals surface area (Å²) in [4.78, 5) is 16.4. The van der Waals surface area contributed by atoms with Crippen molar-refractivity contribution in [1.82, 2.24) is 14.9 Å². The van der Waals surface area contributed by atoms with Gasteiger partial charge in [-0.05, 0) is 42.8 Å². The first-order chi connectivity index (χ1) is 11.5. The lowest BCUT2D eigenvalue weighted by atomic mass is 10.1. The van der Waals surface area contributed by atoms with Crippen LogP contribution in [0.25, 0.3) is 5.69 Å². The molecule has 0 aliphatic carbocycles. The second kappa shape index (κ2) is 6.88. The molecule has 0 fully saturated rings. The van der Waals surface area contributed by atoms with Crippen LogP contribution in [0.15, 0.2) is 65.7 Å². The number of hydrogen-bond donors (Lipinski definition) is 2. The summed E-state index contributed by atoms with van der Waals surface area (Å²) in [5.74, 6) is -0.363. The molecular weight excluding hydrogens is 370 g/mol. The molecule has 0 spiro atoms. The fourth-order valence-corrected chi connectivity index (χ4v) is 2.76. The molecule has 5 nitrogen and oxygen atoms in total. The minimum atomic E-state index is -0.319. The van der Waals surface area contributed by atoms with E-state index in [1.54, 1.807) is 24.7 Å². The Balaban J connectivity index is 1.73. The molecule has 3 aromatic rings. The van der Waals surface area contributed by atoms with Gasteiger partial charge in [-0.1, -0.05) is 28.1 Å². The minimum Gasteiger partial charge on any atom is -0.507 e. The fourth-order valence-electron chi connectivity index (χ4n) is 2.39. The van der Waals surface area contributed by atoms with Gasteiger partial charge >= 0.3 is 0 Å². The molecule has 1 atom stereocenters. The van der Waals surface area contributed by atoms with Crippen molar-refractivity contribution in [1.29, 1.82) is 0 Å². The van der Waals surface area contributed by atoms with Crippen LogP contribution in [0.4, 0.5) is 0 Å². The van der Waals surface area contributed by atoms with Gasteiger partial charge in [0.2, 0.25) is 0 Å². The van der Waals surface area contributed by atoms with Crippen molar-refractivity contribution >= 4 is 21.8 Å². The predicted molar refractivity (Wildman–Crippen MR) is 95.3 cm³/mol. The molecule has 1 heterocycles. The van der Waals surface area contributed by atoms with Gasteiger partial charge in [0.05, 0.1) is 17.9 Å². The van der Waals surface area contributed by atoms with Gasteiger partial charge < -0.3 is 15.0 Å². The first kappa shape index (κ1) is 16.3. The number of imidazole rings is 1. The molecule has 0 saturated heterocycles. The predicted octanol–water partition coefficient (Wildman–Crippen LogP) is 3.83. The van der Waals surface area contributed by atoms with E-state index in [4.69, 9.17) is 0 Å². The smallest absolute Gasteiger partial charge is 0.255 e. The zero-order valence-electron chi connectivity index (χ0n) is 13.0. The lowest BCUT2D eigenvalue weighted by Crippen LogP contribution is -2.26. The number of rotatable bonds is 4. The third kappa shape index (κ3) is 3.49. The zero-order chi connectivity index (χ0) is 17.1. The van der Waals surface area contributed by atoms with E-state index in [1.807, 2.05) is 42.0 Å². The average Bonchev–Trinajstić information content (AvgIpc) is 3.11. The van der Waals surface area contributed by atoms with Gasteiger partial charge in [-0.15, -0.1) is 0 Å². The number of carbonyl (C=O) groups excluding carboxylic acids is 1. The molecule has 3 rings (SSSR count). The van der Waals surface area contributed by atoms with E-state index in [1.165, 1.54) is 6.07 Å². The first-order valence-electron chi connectivity index (χ1n) is 7.42. The van der Waals surface area contributed by atoms with Crippen molar-refractivity contribution < 1.29 is 9.90 Å². The van der Waals surface area contributed by atoms with Crippen molar-refractivity contribution in [3.8, 4) is 11.4 Å². The molecule has 0 saturated carbocycles. The van der Waals surface area contributed by atoms with Gasteiger partial charge in [-0.3, -0.25) is 4.79 Å². The Kier molecular flexibility index (Phi) is 4.66. The van der Waals surface area contributed by atoms with E-state index in [2.05, 4.69) is 26.2 Å². The summed E-state index contributed by atoms with van der Waals surface area (Å²) in [6.07, 6.45) is 5.33. The monoisotopic (exact) mass is 385 g/mol. The second-order valence-corrected chi connectivity index (χ2v) is 6.33. The molecule has 1 amide bonds. The van der Waals surface area contributed by atoms with Crippen LogP contribution in [-0.4, -0.2) is 20.6 Å². The molecule has 0 bridgehead atoms. The lowest BCUT2D eigenvalue weighted by molar-refractivity contribution is 0.0937. The second-order valence-electron chi connectivity index (χ2n) is 5.42. The number of carbonyl (C=O) groups is 1. The molecule has 24 heavy (non-hydrogen) atoms. The molecule has 2 N–H and O–H groups in total. The Morgan fingerprint density at radius 2 is 2.00 bits per heavy atom. The molecule has 6 heteroatoms. The van der Waals surface area contributed by atoms with Crippen molar-refractivity contribution in [2.75, 3.05) is 0 Å². The van der Waals surface area contributed by atoms with Crippen LogP contribution in [0.5, 0.6) is 5.75 Å². The number of nitrogens with one attached hydrogen (secondary N) is 1. The summed E-state index contributed by atoms with van der Waals surface area (Å²) < 4.78 is 2.65. The highest BCUT2D eigenvalue weighted by molar-refractivity contribution is 9.10. The molecule has 0 radical (unpaired) electrons. The third-order valence-corrected chi connectivity index (χ3v) is 4.24. The molecule has 1 aromatic heterocycles. The average molecular weight is 386 g/mol. The highest BCUT2D eigenvalue weighted by Crippen LogP contribution is 2.23. The number of phenolic OH excluding ortho intramolecular Hbond substituents is 1. The maximum atomic E-state index is 12.4. The number of nitrogens with zero attached hydrogens (tertiary/aromatic N) is 2. The standard InChI is InChI=1S/C18H16BrN3O2/c1-12(21-18(24)16-10-14(19)4-7-17(16)23)13-2-5-15(6-3-13)22-9-8-20-11-22/h2-12,23H,1H3,(H,21,24)/t12-/m0/s1. The largest absolute Gasteiger partial charge is 0.507 e. The zero-order valence-corrected chi connectivity index (χ0v) is 14.6. The Labute approximate surface area is 148 Å². The van der Waals surface area contributed by atoms with Crippen LogP contribution in [0, 0.1) is 0 Å².